The third-order valence-electron chi connectivity index (χ3n) is 3.22. The van der Waals surface area contributed by atoms with Gasteiger partial charge in [-0.1, -0.05) is 20.8 Å². The van der Waals surface area contributed by atoms with E-state index >= 15 is 0 Å². The van der Waals surface area contributed by atoms with Crippen molar-refractivity contribution in [3.8, 4) is 0 Å². The first-order valence-corrected chi connectivity index (χ1v) is 6.71. The number of piperazine rings is 1. The van der Waals surface area contributed by atoms with Crippen LogP contribution in [-0.4, -0.2) is 48.6 Å². The Labute approximate surface area is 109 Å². The molecular weight excluding hydrogens is 232 g/mol. The number of rotatable bonds is 6. The Bertz CT molecular complexity index is 305. The molecule has 2 atom stereocenters. The third-order valence-corrected chi connectivity index (χ3v) is 3.22. The molecule has 5 heteroatoms. The van der Waals surface area contributed by atoms with Crippen molar-refractivity contribution in [2.75, 3.05) is 19.8 Å². The predicted molar refractivity (Wildman–Crippen MR) is 69.1 cm³/mol. The fourth-order valence-corrected chi connectivity index (χ4v) is 2.29. The second-order valence-corrected chi connectivity index (χ2v) is 4.89. The SMILES string of the molecule is CCOCCN1C(=O)C(CC)NC(=O)C1C(C)C. The van der Waals surface area contributed by atoms with Gasteiger partial charge in [0.1, 0.15) is 12.1 Å². The highest BCUT2D eigenvalue weighted by Gasteiger charge is 2.40. The van der Waals surface area contributed by atoms with Crippen LogP contribution in [0, 0.1) is 5.92 Å². The molecule has 1 rings (SSSR count). The van der Waals surface area contributed by atoms with E-state index in [0.717, 1.165) is 0 Å². The van der Waals surface area contributed by atoms with Crippen molar-refractivity contribution in [3.05, 3.63) is 0 Å². The molecule has 0 aromatic carbocycles. The Morgan fingerprint density at radius 3 is 2.50 bits per heavy atom. The smallest absolute Gasteiger partial charge is 0.245 e. The van der Waals surface area contributed by atoms with Crippen molar-refractivity contribution in [1.82, 2.24) is 10.2 Å². The van der Waals surface area contributed by atoms with Gasteiger partial charge in [0.2, 0.25) is 11.8 Å². The van der Waals surface area contributed by atoms with E-state index in [9.17, 15) is 9.59 Å². The van der Waals surface area contributed by atoms with Crippen molar-refractivity contribution in [1.29, 1.82) is 0 Å². The maximum atomic E-state index is 12.3. The summed E-state index contributed by atoms with van der Waals surface area (Å²) in [5, 5.41) is 2.80. The lowest BCUT2D eigenvalue weighted by Gasteiger charge is -2.40. The molecule has 0 bridgehead atoms. The Morgan fingerprint density at radius 2 is 2.00 bits per heavy atom. The number of ether oxygens (including phenoxy) is 1. The van der Waals surface area contributed by atoms with Crippen LogP contribution >= 0.6 is 0 Å². The molecule has 1 aliphatic rings. The van der Waals surface area contributed by atoms with E-state index in [0.29, 0.717) is 26.2 Å². The minimum Gasteiger partial charge on any atom is -0.380 e. The first-order chi connectivity index (χ1) is 8.52. The molecule has 0 aliphatic carbocycles. The fraction of sp³-hybridized carbons (Fsp3) is 0.846. The Hall–Kier alpha value is -1.10. The van der Waals surface area contributed by atoms with Crippen molar-refractivity contribution in [3.63, 3.8) is 0 Å². The minimum atomic E-state index is -0.380. The summed E-state index contributed by atoms with van der Waals surface area (Å²) in [7, 11) is 0. The highest BCUT2D eigenvalue weighted by molar-refractivity contribution is 5.97. The molecule has 1 saturated heterocycles. The summed E-state index contributed by atoms with van der Waals surface area (Å²) >= 11 is 0. The van der Waals surface area contributed by atoms with Gasteiger partial charge < -0.3 is 15.0 Å². The first kappa shape index (κ1) is 15.0. The second-order valence-electron chi connectivity index (χ2n) is 4.89. The Kier molecular flexibility index (Phi) is 5.59. The summed E-state index contributed by atoms with van der Waals surface area (Å²) in [5.74, 6) is 0.0665. The molecule has 104 valence electrons. The van der Waals surface area contributed by atoms with Gasteiger partial charge in [-0.25, -0.2) is 0 Å². The monoisotopic (exact) mass is 256 g/mol. The van der Waals surface area contributed by atoms with Gasteiger partial charge in [0, 0.05) is 13.2 Å². The third kappa shape index (κ3) is 3.22. The van der Waals surface area contributed by atoms with E-state index < -0.39 is 0 Å². The minimum absolute atomic E-state index is 0.00973. The largest absolute Gasteiger partial charge is 0.380 e. The van der Waals surface area contributed by atoms with Crippen LogP contribution in [0.5, 0.6) is 0 Å². The van der Waals surface area contributed by atoms with Gasteiger partial charge >= 0.3 is 0 Å². The van der Waals surface area contributed by atoms with E-state index in [1.807, 2.05) is 27.7 Å². The summed E-state index contributed by atoms with van der Waals surface area (Å²) in [6.07, 6.45) is 0.626. The number of hydrogen-bond acceptors (Lipinski definition) is 3. The van der Waals surface area contributed by atoms with Crippen LogP contribution < -0.4 is 5.32 Å². The first-order valence-electron chi connectivity index (χ1n) is 6.71. The summed E-state index contributed by atoms with van der Waals surface area (Å²) in [6, 6.07) is -0.755. The highest BCUT2D eigenvalue weighted by Crippen LogP contribution is 2.18. The van der Waals surface area contributed by atoms with Crippen LogP contribution in [0.2, 0.25) is 0 Å². The van der Waals surface area contributed by atoms with Gasteiger partial charge in [-0.05, 0) is 19.3 Å². The fourth-order valence-electron chi connectivity index (χ4n) is 2.29. The number of carbonyl (C=O) groups is 2. The lowest BCUT2D eigenvalue weighted by molar-refractivity contribution is -0.152. The second kappa shape index (κ2) is 6.73. The van der Waals surface area contributed by atoms with E-state index in [2.05, 4.69) is 5.32 Å². The highest BCUT2D eigenvalue weighted by atomic mass is 16.5. The molecule has 1 aliphatic heterocycles. The lowest BCUT2D eigenvalue weighted by atomic mass is 9.96. The van der Waals surface area contributed by atoms with Gasteiger partial charge in [-0.3, -0.25) is 9.59 Å². The quantitative estimate of drug-likeness (QED) is 0.715. The van der Waals surface area contributed by atoms with Gasteiger partial charge in [-0.2, -0.15) is 0 Å². The number of hydrogen-bond donors (Lipinski definition) is 1. The summed E-state index contributed by atoms with van der Waals surface area (Å²) in [5.41, 5.74) is 0. The Balaban J connectivity index is 2.80. The molecule has 5 nitrogen and oxygen atoms in total. The van der Waals surface area contributed by atoms with Crippen LogP contribution in [-0.2, 0) is 14.3 Å². The standard InChI is InChI=1S/C13H24N2O3/c1-5-10-13(17)15(7-8-18-6-2)11(9(3)4)12(16)14-10/h9-11H,5-8H2,1-4H3,(H,14,16). The zero-order valence-electron chi connectivity index (χ0n) is 11.7. The number of nitrogens with zero attached hydrogens (tertiary/aromatic N) is 1. The number of nitrogens with one attached hydrogen (secondary N) is 1. The van der Waals surface area contributed by atoms with Crippen molar-refractivity contribution < 1.29 is 14.3 Å². The molecule has 0 radical (unpaired) electrons. The molecule has 1 heterocycles. The average molecular weight is 256 g/mol. The van der Waals surface area contributed by atoms with Crippen molar-refractivity contribution in [2.45, 2.75) is 46.2 Å². The molecule has 0 aromatic rings. The molecule has 0 spiro atoms. The van der Waals surface area contributed by atoms with Gasteiger partial charge in [0.25, 0.3) is 0 Å². The molecule has 1 N–H and O–H groups in total. The van der Waals surface area contributed by atoms with Crippen LogP contribution in [0.3, 0.4) is 0 Å². The molecule has 2 amide bonds. The number of amides is 2. The van der Waals surface area contributed by atoms with E-state index in [4.69, 9.17) is 4.74 Å². The normalized spacial score (nSPS) is 24.6. The maximum Gasteiger partial charge on any atom is 0.245 e. The molecule has 0 saturated carbocycles. The van der Waals surface area contributed by atoms with Crippen LogP contribution in [0.4, 0.5) is 0 Å². The zero-order chi connectivity index (χ0) is 13.7. The summed E-state index contributed by atoms with van der Waals surface area (Å²) in [4.78, 5) is 26.0. The molecular formula is C13H24N2O3. The summed E-state index contributed by atoms with van der Waals surface area (Å²) in [6.45, 7) is 9.32. The Morgan fingerprint density at radius 1 is 1.33 bits per heavy atom. The maximum absolute atomic E-state index is 12.3. The van der Waals surface area contributed by atoms with Gasteiger partial charge in [0.15, 0.2) is 0 Å². The van der Waals surface area contributed by atoms with Gasteiger partial charge in [0.05, 0.1) is 6.61 Å². The van der Waals surface area contributed by atoms with Crippen LogP contribution in [0.15, 0.2) is 0 Å². The average Bonchev–Trinajstić information content (AvgIpc) is 2.32. The molecule has 1 fully saturated rings. The zero-order valence-corrected chi connectivity index (χ0v) is 11.7. The molecule has 18 heavy (non-hydrogen) atoms. The van der Waals surface area contributed by atoms with E-state index in [1.165, 1.54) is 0 Å². The van der Waals surface area contributed by atoms with Crippen LogP contribution in [0.1, 0.15) is 34.1 Å². The summed E-state index contributed by atoms with van der Waals surface area (Å²) < 4.78 is 5.29. The van der Waals surface area contributed by atoms with Crippen molar-refractivity contribution >= 4 is 11.8 Å². The van der Waals surface area contributed by atoms with Crippen LogP contribution in [0.25, 0.3) is 0 Å². The lowest BCUT2D eigenvalue weighted by Crippen LogP contribution is -2.65. The van der Waals surface area contributed by atoms with E-state index in [1.54, 1.807) is 4.90 Å². The topological polar surface area (TPSA) is 58.6 Å². The predicted octanol–water partition coefficient (Wildman–Crippen LogP) is 0.784. The number of carbonyl (C=O) groups excluding carboxylic acids is 2. The van der Waals surface area contributed by atoms with Crippen molar-refractivity contribution in [2.24, 2.45) is 5.92 Å². The molecule has 0 aromatic heterocycles. The molecule has 2 unspecified atom stereocenters. The van der Waals surface area contributed by atoms with E-state index in [-0.39, 0.29) is 29.8 Å². The van der Waals surface area contributed by atoms with Gasteiger partial charge in [-0.15, -0.1) is 0 Å².